The van der Waals surface area contributed by atoms with Crippen molar-refractivity contribution in [2.24, 2.45) is 5.84 Å². The first-order chi connectivity index (χ1) is 8.27. The van der Waals surface area contributed by atoms with Gasteiger partial charge in [0.15, 0.2) is 0 Å². The van der Waals surface area contributed by atoms with Gasteiger partial charge in [-0.15, -0.1) is 0 Å². The number of hydrogen-bond donors (Lipinski definition) is 2. The van der Waals surface area contributed by atoms with E-state index in [1.54, 1.807) is 10.6 Å². The summed E-state index contributed by atoms with van der Waals surface area (Å²) in [7, 11) is 0. The molecule has 1 aromatic heterocycles. The van der Waals surface area contributed by atoms with E-state index in [-0.39, 0.29) is 5.56 Å². The van der Waals surface area contributed by atoms with E-state index in [9.17, 15) is 4.79 Å². The van der Waals surface area contributed by atoms with Crippen LogP contribution in [0.3, 0.4) is 0 Å². The molecule has 5 nitrogen and oxygen atoms in total. The highest BCUT2D eigenvalue weighted by Crippen LogP contribution is 2.10. The van der Waals surface area contributed by atoms with Crippen LogP contribution in [0.5, 0.6) is 0 Å². The summed E-state index contributed by atoms with van der Waals surface area (Å²) in [6.07, 6.45) is 1.94. The van der Waals surface area contributed by atoms with Crippen LogP contribution >= 0.6 is 0 Å². The first kappa shape index (κ1) is 11.6. The number of benzene rings is 1. The van der Waals surface area contributed by atoms with Crippen molar-refractivity contribution in [1.29, 1.82) is 0 Å². The van der Waals surface area contributed by atoms with Gasteiger partial charge in [0.25, 0.3) is 5.56 Å². The molecule has 0 aliphatic heterocycles. The number of hydrazine groups is 1. The Hall–Kier alpha value is -1.88. The van der Waals surface area contributed by atoms with Gasteiger partial charge >= 0.3 is 0 Å². The molecular weight excluding hydrogens is 216 g/mol. The van der Waals surface area contributed by atoms with Crippen molar-refractivity contribution in [1.82, 2.24) is 9.55 Å². The van der Waals surface area contributed by atoms with E-state index in [1.165, 1.54) is 0 Å². The van der Waals surface area contributed by atoms with Crippen LogP contribution < -0.4 is 16.8 Å². The second-order valence-electron chi connectivity index (χ2n) is 3.91. The Kier molecular flexibility index (Phi) is 3.39. The van der Waals surface area contributed by atoms with Crippen LogP contribution in [-0.2, 0) is 6.54 Å². The van der Waals surface area contributed by atoms with Crippen molar-refractivity contribution >= 4 is 16.9 Å². The van der Waals surface area contributed by atoms with Crippen molar-refractivity contribution in [3.8, 4) is 0 Å². The van der Waals surface area contributed by atoms with E-state index < -0.39 is 0 Å². The standard InChI is InChI=1S/C12H16N4O/c1-2-3-8-16-11(17)9-6-4-5-7-10(9)14-12(16)15-13/h4-7H,2-3,8,13H2,1H3,(H,14,15). The average molecular weight is 232 g/mol. The molecule has 3 N–H and O–H groups in total. The van der Waals surface area contributed by atoms with Crippen LogP contribution in [0.4, 0.5) is 5.95 Å². The van der Waals surface area contributed by atoms with E-state index >= 15 is 0 Å². The Morgan fingerprint density at radius 3 is 2.88 bits per heavy atom. The van der Waals surface area contributed by atoms with Crippen molar-refractivity contribution in [3.05, 3.63) is 34.6 Å². The third kappa shape index (κ3) is 2.14. The molecule has 5 heteroatoms. The summed E-state index contributed by atoms with van der Waals surface area (Å²) in [5, 5.41) is 0.627. The second kappa shape index (κ2) is 4.97. The molecule has 0 spiro atoms. The SMILES string of the molecule is CCCCn1c(NN)nc2ccccc2c1=O. The molecule has 2 rings (SSSR count). The van der Waals surface area contributed by atoms with Gasteiger partial charge in [0.05, 0.1) is 10.9 Å². The molecule has 0 saturated carbocycles. The Labute approximate surface area is 99.2 Å². The zero-order chi connectivity index (χ0) is 12.3. The lowest BCUT2D eigenvalue weighted by molar-refractivity contribution is 0.614. The molecule has 90 valence electrons. The van der Waals surface area contributed by atoms with E-state index in [4.69, 9.17) is 5.84 Å². The summed E-state index contributed by atoms with van der Waals surface area (Å²) in [5.41, 5.74) is 3.11. The van der Waals surface area contributed by atoms with Gasteiger partial charge in [-0.3, -0.25) is 14.8 Å². The highest BCUT2D eigenvalue weighted by molar-refractivity contribution is 5.78. The van der Waals surface area contributed by atoms with Gasteiger partial charge in [0.1, 0.15) is 0 Å². The van der Waals surface area contributed by atoms with E-state index in [1.807, 2.05) is 18.2 Å². The zero-order valence-electron chi connectivity index (χ0n) is 9.81. The minimum absolute atomic E-state index is 0.0444. The van der Waals surface area contributed by atoms with Crippen molar-refractivity contribution in [2.75, 3.05) is 5.43 Å². The second-order valence-corrected chi connectivity index (χ2v) is 3.91. The number of fused-ring (bicyclic) bond motifs is 1. The number of aromatic nitrogens is 2. The monoisotopic (exact) mass is 232 g/mol. The lowest BCUT2D eigenvalue weighted by atomic mass is 10.2. The number of anilines is 1. The number of nitrogens with two attached hydrogens (primary N) is 1. The topological polar surface area (TPSA) is 72.9 Å². The largest absolute Gasteiger partial charge is 0.294 e. The van der Waals surface area contributed by atoms with Gasteiger partial charge in [0.2, 0.25) is 5.95 Å². The Morgan fingerprint density at radius 2 is 2.18 bits per heavy atom. The van der Waals surface area contributed by atoms with Crippen LogP contribution in [-0.4, -0.2) is 9.55 Å². The molecule has 17 heavy (non-hydrogen) atoms. The van der Waals surface area contributed by atoms with Gasteiger partial charge in [-0.05, 0) is 18.6 Å². The molecule has 1 heterocycles. The summed E-state index contributed by atoms with van der Waals surface area (Å²) in [5.74, 6) is 5.83. The third-order valence-electron chi connectivity index (χ3n) is 2.73. The third-order valence-corrected chi connectivity index (χ3v) is 2.73. The van der Waals surface area contributed by atoms with Gasteiger partial charge in [0, 0.05) is 6.54 Å². The minimum atomic E-state index is -0.0444. The summed E-state index contributed by atoms with van der Waals surface area (Å²) >= 11 is 0. The number of unbranched alkanes of at least 4 members (excludes halogenated alkanes) is 1. The number of para-hydroxylation sites is 1. The lowest BCUT2D eigenvalue weighted by Gasteiger charge is -2.11. The quantitative estimate of drug-likeness (QED) is 0.618. The molecular formula is C12H16N4O. The van der Waals surface area contributed by atoms with E-state index in [0.29, 0.717) is 23.4 Å². The fourth-order valence-corrected chi connectivity index (χ4v) is 1.80. The highest BCUT2D eigenvalue weighted by atomic mass is 16.1. The summed E-state index contributed by atoms with van der Waals surface area (Å²) in [4.78, 5) is 16.6. The van der Waals surface area contributed by atoms with Crippen molar-refractivity contribution in [3.63, 3.8) is 0 Å². The van der Waals surface area contributed by atoms with E-state index in [0.717, 1.165) is 12.8 Å². The maximum absolute atomic E-state index is 12.2. The zero-order valence-corrected chi connectivity index (χ0v) is 9.81. The first-order valence-corrected chi connectivity index (χ1v) is 5.74. The molecule has 0 amide bonds. The fourth-order valence-electron chi connectivity index (χ4n) is 1.80. The van der Waals surface area contributed by atoms with Gasteiger partial charge < -0.3 is 0 Å². The molecule has 0 atom stereocenters. The molecule has 0 aliphatic carbocycles. The number of nitrogens with zero attached hydrogens (tertiary/aromatic N) is 2. The molecule has 0 fully saturated rings. The number of nitrogens with one attached hydrogen (secondary N) is 1. The molecule has 0 bridgehead atoms. The number of rotatable bonds is 4. The summed E-state index contributed by atoms with van der Waals surface area (Å²) in [6.45, 7) is 2.71. The van der Waals surface area contributed by atoms with Gasteiger partial charge in [-0.25, -0.2) is 10.8 Å². The maximum Gasteiger partial charge on any atom is 0.262 e. The Morgan fingerprint density at radius 1 is 1.41 bits per heavy atom. The fraction of sp³-hybridized carbons (Fsp3) is 0.333. The average Bonchev–Trinajstić information content (AvgIpc) is 2.37. The maximum atomic E-state index is 12.2. The van der Waals surface area contributed by atoms with Crippen LogP contribution in [0, 0.1) is 0 Å². The molecule has 0 radical (unpaired) electrons. The molecule has 0 saturated heterocycles. The smallest absolute Gasteiger partial charge is 0.262 e. The molecule has 0 unspecified atom stereocenters. The highest BCUT2D eigenvalue weighted by Gasteiger charge is 2.08. The van der Waals surface area contributed by atoms with Crippen LogP contribution in [0.2, 0.25) is 0 Å². The van der Waals surface area contributed by atoms with Gasteiger partial charge in [-0.2, -0.15) is 0 Å². The molecule has 0 aliphatic rings. The Balaban J connectivity index is 2.63. The molecule has 1 aromatic carbocycles. The normalized spacial score (nSPS) is 10.7. The van der Waals surface area contributed by atoms with Crippen LogP contribution in [0.25, 0.3) is 10.9 Å². The number of nitrogen functional groups attached to an aromatic ring is 1. The van der Waals surface area contributed by atoms with Crippen molar-refractivity contribution < 1.29 is 0 Å². The lowest BCUT2D eigenvalue weighted by Crippen LogP contribution is -2.27. The Bertz CT molecular complexity index is 576. The van der Waals surface area contributed by atoms with Crippen molar-refractivity contribution in [2.45, 2.75) is 26.3 Å². The van der Waals surface area contributed by atoms with Gasteiger partial charge in [-0.1, -0.05) is 25.5 Å². The predicted octanol–water partition coefficient (Wildman–Crippen LogP) is 1.48. The van der Waals surface area contributed by atoms with E-state index in [2.05, 4.69) is 17.3 Å². The van der Waals surface area contributed by atoms with Crippen LogP contribution in [0.1, 0.15) is 19.8 Å². The predicted molar refractivity (Wildman–Crippen MR) is 68.7 cm³/mol. The minimum Gasteiger partial charge on any atom is -0.294 e. The molecule has 2 aromatic rings. The summed E-state index contributed by atoms with van der Waals surface area (Å²) < 4.78 is 1.59. The first-order valence-electron chi connectivity index (χ1n) is 5.74. The summed E-state index contributed by atoms with van der Waals surface area (Å²) in [6, 6.07) is 7.28. The van der Waals surface area contributed by atoms with Crippen LogP contribution in [0.15, 0.2) is 29.1 Å². The number of hydrogen-bond acceptors (Lipinski definition) is 4.